The number of ether oxygens (including phenoxy) is 1. The number of rotatable bonds is 4. The molecule has 0 radical (unpaired) electrons. The minimum Gasteiger partial charge on any atom is -0.481 e. The molecule has 1 amide bonds. The Hall–Kier alpha value is -2.81. The molecule has 0 bridgehead atoms. The van der Waals surface area contributed by atoms with E-state index in [9.17, 15) is 4.79 Å². The van der Waals surface area contributed by atoms with Crippen LogP contribution in [-0.2, 0) is 17.6 Å². The quantitative estimate of drug-likeness (QED) is 0.726. The van der Waals surface area contributed by atoms with Crippen LogP contribution in [0.25, 0.3) is 10.8 Å². The molecular formula is C23H23NO2. The first-order chi connectivity index (χ1) is 12.5. The summed E-state index contributed by atoms with van der Waals surface area (Å²) in [7, 11) is 0. The van der Waals surface area contributed by atoms with E-state index in [2.05, 4.69) is 29.6 Å². The Kier molecular flexibility index (Phi) is 4.15. The summed E-state index contributed by atoms with van der Waals surface area (Å²) in [6, 6.07) is 16.4. The fraction of sp³-hybridized carbons (Fsp3) is 0.261. The Bertz CT molecular complexity index is 996. The van der Waals surface area contributed by atoms with Crippen LogP contribution in [0.1, 0.15) is 29.2 Å². The molecule has 0 saturated carbocycles. The van der Waals surface area contributed by atoms with Crippen molar-refractivity contribution >= 4 is 22.4 Å². The van der Waals surface area contributed by atoms with Crippen molar-refractivity contribution in [3.05, 3.63) is 70.8 Å². The first-order valence-corrected chi connectivity index (χ1v) is 9.12. The summed E-state index contributed by atoms with van der Waals surface area (Å²) >= 11 is 0. The molecule has 0 spiro atoms. The Labute approximate surface area is 154 Å². The van der Waals surface area contributed by atoms with Crippen molar-refractivity contribution in [2.45, 2.75) is 39.7 Å². The highest BCUT2D eigenvalue weighted by atomic mass is 16.5. The highest BCUT2D eigenvalue weighted by Gasteiger charge is 2.20. The van der Waals surface area contributed by atoms with Gasteiger partial charge in [0.15, 0.2) is 6.10 Å². The van der Waals surface area contributed by atoms with Crippen LogP contribution in [0.2, 0.25) is 0 Å². The SMILES string of the molecule is Cc1cccc(O[C@@H](C)C(=O)Nc2ccc3c4c(cccc24)CC3)c1C. The molecule has 4 rings (SSSR count). The zero-order chi connectivity index (χ0) is 18.3. The van der Waals surface area contributed by atoms with E-state index in [0.29, 0.717) is 0 Å². The van der Waals surface area contributed by atoms with Crippen molar-refractivity contribution in [3.63, 3.8) is 0 Å². The predicted octanol–water partition coefficient (Wildman–Crippen LogP) is 4.96. The highest BCUT2D eigenvalue weighted by molar-refractivity contribution is 6.06. The van der Waals surface area contributed by atoms with Gasteiger partial charge in [0, 0.05) is 11.1 Å². The zero-order valence-corrected chi connectivity index (χ0v) is 15.4. The van der Waals surface area contributed by atoms with Gasteiger partial charge in [-0.25, -0.2) is 0 Å². The summed E-state index contributed by atoms with van der Waals surface area (Å²) < 4.78 is 5.92. The maximum atomic E-state index is 12.7. The lowest BCUT2D eigenvalue weighted by molar-refractivity contribution is -0.122. The molecule has 1 N–H and O–H groups in total. The Morgan fingerprint density at radius 2 is 1.73 bits per heavy atom. The van der Waals surface area contributed by atoms with Crippen LogP contribution in [0.3, 0.4) is 0 Å². The summed E-state index contributed by atoms with van der Waals surface area (Å²) in [6.07, 6.45) is 1.59. The molecule has 0 aliphatic heterocycles. The number of anilines is 1. The summed E-state index contributed by atoms with van der Waals surface area (Å²) in [5.41, 5.74) is 5.82. The molecule has 132 valence electrons. The van der Waals surface area contributed by atoms with Gasteiger partial charge in [0.25, 0.3) is 5.91 Å². The van der Waals surface area contributed by atoms with Crippen molar-refractivity contribution in [1.29, 1.82) is 0 Å². The first-order valence-electron chi connectivity index (χ1n) is 9.12. The zero-order valence-electron chi connectivity index (χ0n) is 15.4. The Balaban J connectivity index is 1.57. The smallest absolute Gasteiger partial charge is 0.265 e. The number of hydrogen-bond acceptors (Lipinski definition) is 2. The number of benzene rings is 3. The second-order valence-electron chi connectivity index (χ2n) is 7.06. The highest BCUT2D eigenvalue weighted by Crippen LogP contribution is 2.35. The molecule has 3 aromatic carbocycles. The van der Waals surface area contributed by atoms with Crippen LogP contribution in [0.4, 0.5) is 5.69 Å². The lowest BCUT2D eigenvalue weighted by atomic mass is 10.0. The molecule has 26 heavy (non-hydrogen) atoms. The first kappa shape index (κ1) is 16.6. The molecule has 1 aliphatic carbocycles. The number of nitrogens with one attached hydrogen (secondary N) is 1. The topological polar surface area (TPSA) is 38.3 Å². The van der Waals surface area contributed by atoms with E-state index >= 15 is 0 Å². The lowest BCUT2D eigenvalue weighted by Crippen LogP contribution is -2.30. The van der Waals surface area contributed by atoms with E-state index in [1.54, 1.807) is 6.92 Å². The molecule has 0 unspecified atom stereocenters. The van der Waals surface area contributed by atoms with E-state index in [-0.39, 0.29) is 5.91 Å². The molecule has 0 heterocycles. The average Bonchev–Trinajstić information content (AvgIpc) is 3.06. The normalized spacial score (nSPS) is 13.7. The van der Waals surface area contributed by atoms with Crippen LogP contribution in [0.5, 0.6) is 5.75 Å². The number of hydrogen-bond donors (Lipinski definition) is 1. The van der Waals surface area contributed by atoms with Gasteiger partial charge in [-0.1, -0.05) is 36.4 Å². The van der Waals surface area contributed by atoms with E-state index in [1.165, 1.54) is 16.5 Å². The van der Waals surface area contributed by atoms with Crippen molar-refractivity contribution in [1.82, 2.24) is 0 Å². The molecule has 0 saturated heterocycles. The van der Waals surface area contributed by atoms with Gasteiger partial charge in [0.1, 0.15) is 5.75 Å². The van der Waals surface area contributed by atoms with Gasteiger partial charge in [-0.05, 0) is 73.4 Å². The average molecular weight is 345 g/mol. The third kappa shape index (κ3) is 2.84. The van der Waals surface area contributed by atoms with Gasteiger partial charge in [0.2, 0.25) is 0 Å². The van der Waals surface area contributed by atoms with Gasteiger partial charge in [-0.15, -0.1) is 0 Å². The predicted molar refractivity (Wildman–Crippen MR) is 106 cm³/mol. The molecule has 0 aromatic heterocycles. The van der Waals surface area contributed by atoms with Gasteiger partial charge in [-0.2, -0.15) is 0 Å². The van der Waals surface area contributed by atoms with Gasteiger partial charge in [-0.3, -0.25) is 4.79 Å². The second-order valence-corrected chi connectivity index (χ2v) is 7.06. The van der Waals surface area contributed by atoms with Crippen molar-refractivity contribution in [2.24, 2.45) is 0 Å². The number of carbonyl (C=O) groups is 1. The molecule has 3 aromatic rings. The summed E-state index contributed by atoms with van der Waals surface area (Å²) in [5.74, 6) is 0.623. The van der Waals surface area contributed by atoms with Crippen LogP contribution < -0.4 is 10.1 Å². The fourth-order valence-electron chi connectivity index (χ4n) is 3.69. The van der Waals surface area contributed by atoms with E-state index in [4.69, 9.17) is 4.74 Å². The van der Waals surface area contributed by atoms with Gasteiger partial charge >= 0.3 is 0 Å². The standard InChI is InChI=1S/C23H23NO2/c1-14-6-4-9-21(15(14)2)26-16(3)23(25)24-20-13-12-18-11-10-17-7-5-8-19(20)22(17)18/h4-9,12-13,16H,10-11H2,1-3H3,(H,24,25)/t16-/m0/s1. The van der Waals surface area contributed by atoms with Crippen LogP contribution in [-0.4, -0.2) is 12.0 Å². The van der Waals surface area contributed by atoms with Crippen molar-refractivity contribution in [3.8, 4) is 5.75 Å². The van der Waals surface area contributed by atoms with Gasteiger partial charge < -0.3 is 10.1 Å². The molecule has 3 heteroatoms. The van der Waals surface area contributed by atoms with Crippen molar-refractivity contribution < 1.29 is 9.53 Å². The summed E-state index contributed by atoms with van der Waals surface area (Å²) in [5, 5.41) is 5.47. The maximum absolute atomic E-state index is 12.7. The molecule has 3 nitrogen and oxygen atoms in total. The Morgan fingerprint density at radius 3 is 2.54 bits per heavy atom. The molecule has 1 aliphatic rings. The van der Waals surface area contributed by atoms with E-state index in [1.807, 2.05) is 38.1 Å². The molecule has 0 fully saturated rings. The minimum atomic E-state index is -0.571. The maximum Gasteiger partial charge on any atom is 0.265 e. The fourth-order valence-corrected chi connectivity index (χ4v) is 3.69. The number of carbonyl (C=O) groups excluding carboxylic acids is 1. The van der Waals surface area contributed by atoms with Gasteiger partial charge in [0.05, 0.1) is 0 Å². The van der Waals surface area contributed by atoms with Crippen LogP contribution in [0, 0.1) is 13.8 Å². The summed E-state index contributed by atoms with van der Waals surface area (Å²) in [6.45, 7) is 5.84. The third-order valence-corrected chi connectivity index (χ3v) is 5.36. The molecule has 1 atom stereocenters. The second kappa shape index (κ2) is 6.49. The van der Waals surface area contributed by atoms with E-state index in [0.717, 1.165) is 40.8 Å². The van der Waals surface area contributed by atoms with Crippen molar-refractivity contribution in [2.75, 3.05) is 5.32 Å². The monoisotopic (exact) mass is 345 g/mol. The van der Waals surface area contributed by atoms with Crippen LogP contribution >= 0.6 is 0 Å². The molecular weight excluding hydrogens is 322 g/mol. The number of amides is 1. The Morgan fingerprint density at radius 1 is 1.00 bits per heavy atom. The lowest BCUT2D eigenvalue weighted by Gasteiger charge is -2.18. The summed E-state index contributed by atoms with van der Waals surface area (Å²) in [4.78, 5) is 12.7. The van der Waals surface area contributed by atoms with Crippen LogP contribution in [0.15, 0.2) is 48.5 Å². The largest absolute Gasteiger partial charge is 0.481 e. The van der Waals surface area contributed by atoms with E-state index < -0.39 is 6.10 Å². The third-order valence-electron chi connectivity index (χ3n) is 5.36. The number of aryl methyl sites for hydroxylation is 3. The minimum absolute atomic E-state index is 0.135.